The van der Waals surface area contributed by atoms with Crippen molar-refractivity contribution in [2.45, 2.75) is 13.8 Å². The lowest BCUT2D eigenvalue weighted by molar-refractivity contribution is 0.415. The van der Waals surface area contributed by atoms with E-state index in [-0.39, 0.29) is 0 Å². The first kappa shape index (κ1) is 12.4. The minimum absolute atomic E-state index is 0.781. The smallest absolute Gasteiger partial charge is 0.121 e. The number of aliphatic imine (C=N–C) groups is 1. The first-order valence-corrected chi connectivity index (χ1v) is 4.59. The predicted octanol–water partition coefficient (Wildman–Crippen LogP) is 3.70. The summed E-state index contributed by atoms with van der Waals surface area (Å²) >= 11 is 0. The van der Waals surface area contributed by atoms with Gasteiger partial charge in [0, 0.05) is 6.07 Å². The Morgan fingerprint density at radius 2 is 2.00 bits per heavy atom. The second kappa shape index (κ2) is 6.89. The van der Waals surface area contributed by atoms with E-state index in [1.165, 1.54) is 0 Å². The van der Waals surface area contributed by atoms with Crippen LogP contribution in [0.4, 0.5) is 5.69 Å². The van der Waals surface area contributed by atoms with E-state index in [1.807, 2.05) is 32.0 Å². The van der Waals surface area contributed by atoms with Gasteiger partial charge in [-0.2, -0.15) is 0 Å². The summed E-state index contributed by atoms with van der Waals surface area (Å²) in [6.45, 7) is 11.1. The Kier molecular flexibility index (Phi) is 6.12. The topological polar surface area (TPSA) is 21.6 Å². The average Bonchev–Trinajstić information content (AvgIpc) is 2.30. The van der Waals surface area contributed by atoms with Gasteiger partial charge in [0.05, 0.1) is 12.8 Å². The van der Waals surface area contributed by atoms with Crippen LogP contribution in [0.3, 0.4) is 0 Å². The van der Waals surface area contributed by atoms with Crippen LogP contribution < -0.4 is 4.74 Å². The maximum Gasteiger partial charge on any atom is 0.121 e. The van der Waals surface area contributed by atoms with Crippen LogP contribution in [0, 0.1) is 0 Å². The third-order valence-electron chi connectivity index (χ3n) is 1.63. The second-order valence-corrected chi connectivity index (χ2v) is 2.29. The minimum Gasteiger partial charge on any atom is -0.497 e. The Morgan fingerprint density at radius 3 is 2.43 bits per heavy atom. The zero-order chi connectivity index (χ0) is 11.0. The lowest BCUT2D eigenvalue weighted by Crippen LogP contribution is -1.82. The van der Waals surface area contributed by atoms with Gasteiger partial charge in [-0.25, -0.2) is 0 Å². The Bertz CT molecular complexity index is 305. The summed E-state index contributed by atoms with van der Waals surface area (Å²) in [5, 5.41) is 0. The van der Waals surface area contributed by atoms with Crippen molar-refractivity contribution < 1.29 is 4.74 Å². The molecule has 0 saturated carbocycles. The number of ether oxygens (including phenoxy) is 1. The molecule has 1 rings (SSSR count). The molecule has 0 aliphatic heterocycles. The Labute approximate surface area is 85.9 Å². The first-order chi connectivity index (χ1) is 6.81. The van der Waals surface area contributed by atoms with Crippen LogP contribution >= 0.6 is 0 Å². The van der Waals surface area contributed by atoms with E-state index in [0.717, 1.165) is 17.0 Å². The molecule has 0 aliphatic carbocycles. The molecule has 0 fully saturated rings. The molecule has 0 atom stereocenters. The highest BCUT2D eigenvalue weighted by Gasteiger charge is 1.98. The van der Waals surface area contributed by atoms with Gasteiger partial charge < -0.3 is 4.74 Å². The highest BCUT2D eigenvalue weighted by atomic mass is 16.5. The molecule has 0 saturated heterocycles. The lowest BCUT2D eigenvalue weighted by atomic mass is 10.2. The van der Waals surface area contributed by atoms with E-state index in [4.69, 9.17) is 4.74 Å². The summed E-state index contributed by atoms with van der Waals surface area (Å²) in [7, 11) is 1.62. The molecule has 0 spiro atoms. The van der Waals surface area contributed by atoms with Crippen LogP contribution in [-0.4, -0.2) is 13.8 Å². The summed E-state index contributed by atoms with van der Waals surface area (Å²) in [5.41, 5.74) is 1.76. The van der Waals surface area contributed by atoms with Gasteiger partial charge in [-0.3, -0.25) is 4.99 Å². The van der Waals surface area contributed by atoms with E-state index < -0.39 is 0 Å². The van der Waals surface area contributed by atoms with Gasteiger partial charge >= 0.3 is 0 Å². The molecule has 1 aromatic carbocycles. The van der Waals surface area contributed by atoms with E-state index in [0.29, 0.717) is 0 Å². The zero-order valence-electron chi connectivity index (χ0n) is 9.08. The molecular formula is C12H17NO. The van der Waals surface area contributed by atoms with Crippen LogP contribution in [0.15, 0.2) is 29.8 Å². The monoisotopic (exact) mass is 191 g/mol. The predicted molar refractivity (Wildman–Crippen MR) is 63.6 cm³/mol. The Hall–Kier alpha value is -1.57. The summed E-state index contributed by atoms with van der Waals surface area (Å²) < 4.78 is 5.03. The van der Waals surface area contributed by atoms with Crippen molar-refractivity contribution in [2.75, 3.05) is 7.11 Å². The van der Waals surface area contributed by atoms with Gasteiger partial charge in [0.1, 0.15) is 5.75 Å². The van der Waals surface area contributed by atoms with Crippen LogP contribution in [0.2, 0.25) is 0 Å². The van der Waals surface area contributed by atoms with Crippen molar-refractivity contribution >= 4 is 18.5 Å². The maximum atomic E-state index is 5.03. The lowest BCUT2D eigenvalue weighted by Gasteiger charge is -2.03. The fraction of sp³-hybridized carbons (Fsp3) is 0.250. The van der Waals surface area contributed by atoms with Crippen molar-refractivity contribution in [3.63, 3.8) is 0 Å². The number of rotatable bonds is 3. The molecule has 0 unspecified atom stereocenters. The molecule has 2 nitrogen and oxygen atoms in total. The maximum absolute atomic E-state index is 5.03. The molecule has 0 amide bonds. The fourth-order valence-electron chi connectivity index (χ4n) is 0.960. The van der Waals surface area contributed by atoms with Crippen LogP contribution in [-0.2, 0) is 0 Å². The molecule has 0 radical (unpaired) electrons. The largest absolute Gasteiger partial charge is 0.497 e. The van der Waals surface area contributed by atoms with E-state index >= 15 is 0 Å². The molecule has 2 heteroatoms. The molecule has 0 N–H and O–H groups in total. The number of methoxy groups -OCH3 is 1. The fourth-order valence-corrected chi connectivity index (χ4v) is 0.960. The second-order valence-electron chi connectivity index (χ2n) is 2.29. The standard InChI is InChI=1S/C10H11NO.C2H6/c1-4-8-5-6-9(12-3)7-10(8)11-2;1-2/h4-7H,1-2H2,3H3;1-2H3. The molecule has 0 bridgehead atoms. The molecule has 0 aliphatic rings. The number of hydrogen-bond donors (Lipinski definition) is 0. The van der Waals surface area contributed by atoms with Crippen molar-refractivity contribution in [3.8, 4) is 5.75 Å². The number of nitrogens with zero attached hydrogens (tertiary/aromatic N) is 1. The normalized spacial score (nSPS) is 8.21. The summed E-state index contributed by atoms with van der Waals surface area (Å²) in [6, 6.07) is 5.59. The summed E-state index contributed by atoms with van der Waals surface area (Å²) in [6.07, 6.45) is 1.74. The van der Waals surface area contributed by atoms with Gasteiger partial charge in [-0.15, -0.1) is 0 Å². The highest BCUT2D eigenvalue weighted by molar-refractivity contribution is 5.66. The number of hydrogen-bond acceptors (Lipinski definition) is 2. The van der Waals surface area contributed by atoms with Crippen molar-refractivity contribution in [3.05, 3.63) is 30.3 Å². The highest BCUT2D eigenvalue weighted by Crippen LogP contribution is 2.25. The van der Waals surface area contributed by atoms with Crippen LogP contribution in [0.1, 0.15) is 19.4 Å². The molecular weight excluding hydrogens is 174 g/mol. The third-order valence-corrected chi connectivity index (χ3v) is 1.63. The summed E-state index contributed by atoms with van der Waals surface area (Å²) in [5.74, 6) is 0.781. The van der Waals surface area contributed by atoms with Crippen molar-refractivity contribution in [2.24, 2.45) is 4.99 Å². The third kappa shape index (κ3) is 3.05. The van der Waals surface area contributed by atoms with E-state index in [1.54, 1.807) is 13.2 Å². The first-order valence-electron chi connectivity index (χ1n) is 4.59. The van der Waals surface area contributed by atoms with E-state index in [9.17, 15) is 0 Å². The molecule has 1 aromatic rings. The van der Waals surface area contributed by atoms with E-state index in [2.05, 4.69) is 18.3 Å². The van der Waals surface area contributed by atoms with Crippen LogP contribution in [0.5, 0.6) is 5.75 Å². The SMILES string of the molecule is C=Cc1ccc(OC)cc1N=C.CC. The number of benzene rings is 1. The molecule has 0 aromatic heterocycles. The van der Waals surface area contributed by atoms with Gasteiger partial charge in [0.25, 0.3) is 0 Å². The Balaban J connectivity index is 0.000000791. The van der Waals surface area contributed by atoms with Crippen molar-refractivity contribution in [1.82, 2.24) is 0 Å². The molecule has 76 valence electrons. The zero-order valence-corrected chi connectivity index (χ0v) is 9.08. The van der Waals surface area contributed by atoms with Crippen LogP contribution in [0.25, 0.3) is 6.08 Å². The molecule has 14 heavy (non-hydrogen) atoms. The van der Waals surface area contributed by atoms with Crippen molar-refractivity contribution in [1.29, 1.82) is 0 Å². The quantitative estimate of drug-likeness (QED) is 0.667. The van der Waals surface area contributed by atoms with Gasteiger partial charge in [-0.05, 0) is 24.4 Å². The summed E-state index contributed by atoms with van der Waals surface area (Å²) in [4.78, 5) is 3.85. The minimum atomic E-state index is 0.781. The van der Waals surface area contributed by atoms with Gasteiger partial charge in [-0.1, -0.05) is 26.5 Å². The average molecular weight is 191 g/mol. The van der Waals surface area contributed by atoms with Gasteiger partial charge in [0.15, 0.2) is 0 Å². The molecule has 0 heterocycles. The van der Waals surface area contributed by atoms with Gasteiger partial charge in [0.2, 0.25) is 0 Å². The Morgan fingerprint density at radius 1 is 1.36 bits per heavy atom.